The Kier molecular flexibility index (Phi) is 1.25. The van der Waals surface area contributed by atoms with E-state index < -0.39 is 0 Å². The van der Waals surface area contributed by atoms with E-state index in [0.29, 0.717) is 0 Å². The molecule has 0 spiro atoms. The summed E-state index contributed by atoms with van der Waals surface area (Å²) in [6, 6.07) is 0. The fraction of sp³-hybridized carbons (Fsp3) is 0.900. The lowest BCUT2D eigenvalue weighted by molar-refractivity contribution is 0.201. The smallest absolute Gasteiger partial charge is 0.205 e. The van der Waals surface area contributed by atoms with E-state index in [9.17, 15) is 4.79 Å². The van der Waals surface area contributed by atoms with Crippen LogP contribution in [-0.4, -0.2) is 6.29 Å². The second-order valence-electron chi connectivity index (χ2n) is 4.68. The summed E-state index contributed by atoms with van der Waals surface area (Å²) in [5, 5.41) is 0. The lowest BCUT2D eigenvalue weighted by Crippen LogP contribution is -2.31. The molecule has 1 nitrogen and oxygen atoms in total. The number of carbonyl (C=O) groups excluding carboxylic acids is 1. The van der Waals surface area contributed by atoms with Crippen molar-refractivity contribution < 1.29 is 4.79 Å². The fourth-order valence-corrected chi connectivity index (χ4v) is 3.10. The van der Waals surface area contributed by atoms with E-state index in [0.717, 1.165) is 18.8 Å². The first-order valence-corrected chi connectivity index (χ1v) is 4.52. The topological polar surface area (TPSA) is 17.1 Å². The average molecular weight is 151 g/mol. The highest BCUT2D eigenvalue weighted by Gasteiger charge is 2.59. The highest BCUT2D eigenvalue weighted by molar-refractivity contribution is 5.63. The van der Waals surface area contributed by atoms with Crippen LogP contribution in [0.3, 0.4) is 0 Å². The van der Waals surface area contributed by atoms with Gasteiger partial charge in [0.15, 0.2) is 0 Å². The molecule has 1 heteroatoms. The quantitative estimate of drug-likeness (QED) is 0.562. The Labute approximate surface area is 68.2 Å². The number of hydrogen-bond acceptors (Lipinski definition) is 1. The Morgan fingerprint density at radius 2 is 1.82 bits per heavy atom. The first kappa shape index (κ1) is 7.33. The van der Waals surface area contributed by atoms with Crippen LogP contribution < -0.4 is 0 Å². The van der Waals surface area contributed by atoms with Gasteiger partial charge in [-0.25, -0.2) is 0 Å². The van der Waals surface area contributed by atoms with Crippen molar-refractivity contribution in [2.24, 2.45) is 16.7 Å². The Morgan fingerprint density at radius 3 is 2.00 bits per heavy atom. The van der Waals surface area contributed by atoms with E-state index in [2.05, 4.69) is 20.1 Å². The van der Waals surface area contributed by atoms with Gasteiger partial charge in [0, 0.05) is 5.41 Å². The summed E-state index contributed by atoms with van der Waals surface area (Å²) < 4.78 is 0. The van der Waals surface area contributed by atoms with Gasteiger partial charge in [0.2, 0.25) is 6.29 Å². The molecule has 2 saturated carbocycles. The van der Waals surface area contributed by atoms with Gasteiger partial charge in [0.1, 0.15) is 0 Å². The average Bonchev–Trinajstić information content (AvgIpc) is 2.39. The normalized spacial score (nSPS) is 46.2. The Morgan fingerprint density at radius 1 is 1.27 bits per heavy atom. The van der Waals surface area contributed by atoms with Gasteiger partial charge in [-0.1, -0.05) is 13.8 Å². The van der Waals surface area contributed by atoms with E-state index in [1.807, 2.05) is 0 Å². The van der Waals surface area contributed by atoms with Gasteiger partial charge in [-0.3, -0.25) is 4.79 Å². The third-order valence-electron chi connectivity index (χ3n) is 4.29. The van der Waals surface area contributed by atoms with Crippen LogP contribution in [0.1, 0.15) is 39.5 Å². The lowest BCUT2D eigenvalue weighted by atomic mass is 9.70. The van der Waals surface area contributed by atoms with Gasteiger partial charge in [-0.2, -0.15) is 0 Å². The van der Waals surface area contributed by atoms with Crippen LogP contribution in [0, 0.1) is 16.7 Å². The zero-order valence-electron chi connectivity index (χ0n) is 7.31. The largest absolute Gasteiger partial charge is 0.290 e. The van der Waals surface area contributed by atoms with Gasteiger partial charge < -0.3 is 0 Å². The second-order valence-corrected chi connectivity index (χ2v) is 4.68. The maximum absolute atomic E-state index is 10.9. The molecule has 61 valence electrons. The van der Waals surface area contributed by atoms with E-state index in [-0.39, 0.29) is 10.8 Å². The van der Waals surface area contributed by atoms with Crippen LogP contribution >= 0.6 is 0 Å². The molecule has 0 heterocycles. The van der Waals surface area contributed by atoms with Crippen LogP contribution in [0.4, 0.5) is 0 Å². The van der Waals surface area contributed by atoms with Crippen molar-refractivity contribution in [3.8, 4) is 0 Å². The summed E-state index contributed by atoms with van der Waals surface area (Å²) in [6.07, 6.45) is 7.00. The zero-order valence-corrected chi connectivity index (χ0v) is 7.31. The van der Waals surface area contributed by atoms with Crippen molar-refractivity contribution in [3.05, 3.63) is 0 Å². The zero-order chi connectivity index (χ0) is 8.11. The molecule has 0 aromatic heterocycles. The molecular formula is C10H15O. The second kappa shape index (κ2) is 1.88. The van der Waals surface area contributed by atoms with Crippen molar-refractivity contribution in [1.29, 1.82) is 0 Å². The summed E-state index contributed by atoms with van der Waals surface area (Å²) in [5.74, 6) is 0.795. The van der Waals surface area contributed by atoms with Crippen molar-refractivity contribution in [1.82, 2.24) is 0 Å². The van der Waals surface area contributed by atoms with E-state index in [1.54, 1.807) is 0 Å². The van der Waals surface area contributed by atoms with Crippen LogP contribution in [0.2, 0.25) is 0 Å². The van der Waals surface area contributed by atoms with E-state index >= 15 is 0 Å². The molecule has 0 aliphatic heterocycles. The summed E-state index contributed by atoms with van der Waals surface area (Å²) in [6.45, 7) is 4.48. The minimum atomic E-state index is -0.0579. The van der Waals surface area contributed by atoms with Crippen LogP contribution in [-0.2, 0) is 4.79 Å². The van der Waals surface area contributed by atoms with Crippen molar-refractivity contribution in [2.45, 2.75) is 39.5 Å². The maximum atomic E-state index is 10.9. The number of rotatable bonds is 1. The summed E-state index contributed by atoms with van der Waals surface area (Å²) in [4.78, 5) is 10.9. The molecule has 0 saturated heterocycles. The Bertz CT molecular complexity index is 185. The van der Waals surface area contributed by atoms with Crippen molar-refractivity contribution in [3.63, 3.8) is 0 Å². The maximum Gasteiger partial charge on any atom is 0.205 e. The minimum absolute atomic E-state index is 0.0579. The molecule has 2 rings (SSSR count). The number of fused-ring (bicyclic) bond motifs is 2. The molecular weight excluding hydrogens is 136 g/mol. The van der Waals surface area contributed by atoms with Gasteiger partial charge in [0.05, 0.1) is 0 Å². The molecule has 2 aliphatic carbocycles. The predicted octanol–water partition coefficient (Wildman–Crippen LogP) is 2.31. The highest BCUT2D eigenvalue weighted by atomic mass is 16.1. The lowest BCUT2D eigenvalue weighted by Gasteiger charge is -2.31. The van der Waals surface area contributed by atoms with Crippen LogP contribution in [0.25, 0.3) is 0 Å². The number of hydrogen-bond donors (Lipinski definition) is 0. The summed E-state index contributed by atoms with van der Waals surface area (Å²) in [5.41, 5.74) is 0.187. The van der Waals surface area contributed by atoms with Gasteiger partial charge in [-0.15, -0.1) is 0 Å². The summed E-state index contributed by atoms with van der Waals surface area (Å²) >= 11 is 0. The fourth-order valence-electron chi connectivity index (χ4n) is 3.10. The molecule has 0 N–H and O–H groups in total. The first-order valence-electron chi connectivity index (χ1n) is 4.52. The Hall–Kier alpha value is -0.330. The van der Waals surface area contributed by atoms with Gasteiger partial charge >= 0.3 is 0 Å². The molecule has 11 heavy (non-hydrogen) atoms. The van der Waals surface area contributed by atoms with Gasteiger partial charge in [-0.05, 0) is 37.0 Å². The molecule has 2 aliphatic rings. The molecule has 0 unspecified atom stereocenters. The molecule has 0 aromatic carbocycles. The van der Waals surface area contributed by atoms with Gasteiger partial charge in [0.25, 0.3) is 0 Å². The Balaban J connectivity index is 2.41. The van der Waals surface area contributed by atoms with Crippen LogP contribution in [0.15, 0.2) is 0 Å². The summed E-state index contributed by atoms with van der Waals surface area (Å²) in [7, 11) is 0. The molecule has 2 fully saturated rings. The molecule has 0 amide bonds. The monoisotopic (exact) mass is 151 g/mol. The molecule has 0 atom stereocenters. The standard InChI is InChI=1S/C10H15O/c1-9(2)8-3-5-10(9,7-11)6-4-8/h8H,3-6H2,1-2H3. The SMILES string of the molecule is CC1(C)C2CCC1([C]=O)CC2. The first-order chi connectivity index (χ1) is 5.12. The van der Waals surface area contributed by atoms with E-state index in [4.69, 9.17) is 0 Å². The third kappa shape index (κ3) is 0.646. The third-order valence-corrected chi connectivity index (χ3v) is 4.29. The highest BCUT2D eigenvalue weighted by Crippen LogP contribution is 2.64. The van der Waals surface area contributed by atoms with Crippen LogP contribution in [0.5, 0.6) is 0 Å². The minimum Gasteiger partial charge on any atom is -0.290 e. The molecule has 0 aromatic rings. The molecule has 1 radical (unpaired) electrons. The van der Waals surface area contributed by atoms with Crippen molar-refractivity contribution in [2.75, 3.05) is 0 Å². The molecule has 2 bridgehead atoms. The van der Waals surface area contributed by atoms with E-state index in [1.165, 1.54) is 12.8 Å². The van der Waals surface area contributed by atoms with Crippen molar-refractivity contribution >= 4 is 6.29 Å². The predicted molar refractivity (Wildman–Crippen MR) is 43.9 cm³/mol.